The van der Waals surface area contributed by atoms with Crippen molar-refractivity contribution in [2.24, 2.45) is 12.8 Å². The van der Waals surface area contributed by atoms with Gasteiger partial charge in [-0.1, -0.05) is 30.3 Å². The van der Waals surface area contributed by atoms with Gasteiger partial charge in [-0.3, -0.25) is 4.68 Å². The van der Waals surface area contributed by atoms with Crippen LogP contribution in [0.5, 0.6) is 0 Å². The summed E-state index contributed by atoms with van der Waals surface area (Å²) in [5.41, 5.74) is 8.75. The number of benzene rings is 1. The van der Waals surface area contributed by atoms with Crippen LogP contribution in [0.4, 0.5) is 0 Å². The minimum Gasteiger partial charge on any atom is -0.326 e. The van der Waals surface area contributed by atoms with Crippen LogP contribution in [0.15, 0.2) is 47.5 Å². The quantitative estimate of drug-likeness (QED) is 0.714. The van der Waals surface area contributed by atoms with Crippen molar-refractivity contribution in [2.75, 3.05) is 13.1 Å². The Labute approximate surface area is 164 Å². The van der Waals surface area contributed by atoms with Crippen LogP contribution in [-0.4, -0.2) is 46.6 Å². The summed E-state index contributed by atoms with van der Waals surface area (Å²) in [6.45, 7) is 2.52. The molecule has 9 heteroatoms. The minimum atomic E-state index is -3.66. The van der Waals surface area contributed by atoms with Gasteiger partial charge in [-0.25, -0.2) is 13.4 Å². The predicted octanol–water partition coefficient (Wildman–Crippen LogP) is 1.81. The number of halogens is 1. The first-order chi connectivity index (χ1) is 12.4. The highest BCUT2D eigenvalue weighted by molar-refractivity contribution is 7.89. The third-order valence-corrected chi connectivity index (χ3v) is 6.83. The molecule has 144 valence electrons. The number of sulfonamides is 1. The standard InChI is InChI=1S/C18H21N5O2S.ClH/c1-12-15-8-14(9-20-18(15)22(2)21-12)26(24,25)23-10-16(17(19)11-23)13-6-4-3-5-7-13;/h3-9,16-17H,10-11,19H2,1-2H3;1H/t16-,17+;/m0./s1. The van der Waals surface area contributed by atoms with Gasteiger partial charge in [-0.05, 0) is 18.6 Å². The number of pyridine rings is 1. The van der Waals surface area contributed by atoms with Crippen LogP contribution >= 0.6 is 12.4 Å². The van der Waals surface area contributed by atoms with E-state index in [0.717, 1.165) is 16.6 Å². The molecule has 0 saturated carbocycles. The monoisotopic (exact) mass is 407 g/mol. The van der Waals surface area contributed by atoms with Gasteiger partial charge in [0.2, 0.25) is 10.0 Å². The average Bonchev–Trinajstić information content (AvgIpc) is 3.16. The molecule has 0 aliphatic carbocycles. The second kappa shape index (κ2) is 7.20. The van der Waals surface area contributed by atoms with Crippen LogP contribution in [0.1, 0.15) is 17.2 Å². The van der Waals surface area contributed by atoms with Gasteiger partial charge in [-0.2, -0.15) is 9.40 Å². The lowest BCUT2D eigenvalue weighted by molar-refractivity contribution is 0.470. The van der Waals surface area contributed by atoms with Crippen molar-refractivity contribution in [1.29, 1.82) is 0 Å². The van der Waals surface area contributed by atoms with Crippen molar-refractivity contribution in [3.8, 4) is 0 Å². The Kier molecular flexibility index (Phi) is 5.27. The van der Waals surface area contributed by atoms with E-state index < -0.39 is 10.0 Å². The summed E-state index contributed by atoms with van der Waals surface area (Å²) in [6, 6.07) is 11.2. The van der Waals surface area contributed by atoms with Crippen LogP contribution in [0, 0.1) is 6.92 Å². The fraction of sp³-hybridized carbons (Fsp3) is 0.333. The highest BCUT2D eigenvalue weighted by Crippen LogP contribution is 2.31. The van der Waals surface area contributed by atoms with E-state index in [1.54, 1.807) is 17.8 Å². The Morgan fingerprint density at radius 3 is 2.59 bits per heavy atom. The number of fused-ring (bicyclic) bond motifs is 1. The second-order valence-corrected chi connectivity index (χ2v) is 8.69. The molecule has 0 bridgehead atoms. The summed E-state index contributed by atoms with van der Waals surface area (Å²) in [5.74, 6) is -0.0113. The summed E-state index contributed by atoms with van der Waals surface area (Å²) in [7, 11) is -1.87. The number of rotatable bonds is 3. The number of nitrogens with zero attached hydrogens (tertiary/aromatic N) is 4. The maximum Gasteiger partial charge on any atom is 0.244 e. The topological polar surface area (TPSA) is 94.1 Å². The highest BCUT2D eigenvalue weighted by Gasteiger charge is 2.38. The molecule has 0 spiro atoms. The molecule has 1 aliphatic rings. The first-order valence-corrected chi connectivity index (χ1v) is 9.92. The molecule has 0 unspecified atom stereocenters. The van der Waals surface area contributed by atoms with E-state index in [0.29, 0.717) is 18.7 Å². The summed E-state index contributed by atoms with van der Waals surface area (Å²) < 4.78 is 29.4. The zero-order chi connectivity index (χ0) is 18.5. The normalized spacial score (nSPS) is 20.7. The van der Waals surface area contributed by atoms with E-state index in [1.807, 2.05) is 37.3 Å². The average molecular weight is 408 g/mol. The van der Waals surface area contributed by atoms with Crippen molar-refractivity contribution >= 4 is 33.5 Å². The Morgan fingerprint density at radius 1 is 1.19 bits per heavy atom. The SMILES string of the molecule is Cc1nn(C)c2ncc(S(=O)(=O)N3C[C@@H](N)[C@H](c4ccccc4)C3)cc12.Cl. The first kappa shape index (κ1) is 19.8. The fourth-order valence-corrected chi connectivity index (χ4v) is 5.10. The molecular weight excluding hydrogens is 386 g/mol. The molecule has 1 aromatic carbocycles. The van der Waals surface area contributed by atoms with Gasteiger partial charge in [0.25, 0.3) is 0 Å². The van der Waals surface area contributed by atoms with Crippen LogP contribution in [0.25, 0.3) is 11.0 Å². The summed E-state index contributed by atoms with van der Waals surface area (Å²) in [5, 5.41) is 5.05. The first-order valence-electron chi connectivity index (χ1n) is 8.48. The van der Waals surface area contributed by atoms with E-state index in [1.165, 1.54) is 10.5 Å². The van der Waals surface area contributed by atoms with Crippen molar-refractivity contribution in [3.05, 3.63) is 53.9 Å². The van der Waals surface area contributed by atoms with Gasteiger partial charge in [0.15, 0.2) is 5.65 Å². The zero-order valence-electron chi connectivity index (χ0n) is 15.1. The Bertz CT molecular complexity index is 1070. The molecule has 1 fully saturated rings. The van der Waals surface area contributed by atoms with Crippen molar-refractivity contribution < 1.29 is 8.42 Å². The summed E-state index contributed by atoms with van der Waals surface area (Å²) in [6.07, 6.45) is 1.40. The van der Waals surface area contributed by atoms with Crippen LogP contribution in [-0.2, 0) is 17.1 Å². The molecule has 1 saturated heterocycles. The molecule has 1 aliphatic heterocycles. The molecule has 0 amide bonds. The largest absolute Gasteiger partial charge is 0.326 e. The molecule has 3 heterocycles. The smallest absolute Gasteiger partial charge is 0.244 e. The predicted molar refractivity (Wildman–Crippen MR) is 106 cm³/mol. The van der Waals surface area contributed by atoms with Crippen LogP contribution < -0.4 is 5.73 Å². The summed E-state index contributed by atoms with van der Waals surface area (Å²) in [4.78, 5) is 4.48. The van der Waals surface area contributed by atoms with Crippen LogP contribution in [0.2, 0.25) is 0 Å². The van der Waals surface area contributed by atoms with Gasteiger partial charge in [0, 0.05) is 43.7 Å². The third kappa shape index (κ3) is 3.34. The number of nitrogens with two attached hydrogens (primary N) is 1. The second-order valence-electron chi connectivity index (χ2n) is 6.75. The minimum absolute atomic E-state index is 0. The Hall–Kier alpha value is -2.00. The fourth-order valence-electron chi connectivity index (χ4n) is 3.62. The molecule has 4 rings (SSSR count). The third-order valence-electron chi connectivity index (χ3n) is 5.04. The maximum atomic E-state index is 13.1. The Balaban J connectivity index is 0.00000210. The molecule has 2 aromatic heterocycles. The lowest BCUT2D eigenvalue weighted by Crippen LogP contribution is -2.32. The van der Waals surface area contributed by atoms with E-state index in [2.05, 4.69) is 10.1 Å². The lowest BCUT2D eigenvalue weighted by Gasteiger charge is -2.16. The molecule has 0 radical (unpaired) electrons. The van der Waals surface area contributed by atoms with Gasteiger partial charge in [-0.15, -0.1) is 12.4 Å². The molecule has 2 N–H and O–H groups in total. The maximum absolute atomic E-state index is 13.1. The molecule has 7 nitrogen and oxygen atoms in total. The van der Waals surface area contributed by atoms with Gasteiger partial charge < -0.3 is 5.73 Å². The summed E-state index contributed by atoms with van der Waals surface area (Å²) >= 11 is 0. The van der Waals surface area contributed by atoms with Gasteiger partial charge >= 0.3 is 0 Å². The highest BCUT2D eigenvalue weighted by atomic mass is 35.5. The Morgan fingerprint density at radius 2 is 1.89 bits per heavy atom. The molecule has 3 aromatic rings. The molecule has 27 heavy (non-hydrogen) atoms. The molecular formula is C18H22ClN5O2S. The van der Waals surface area contributed by atoms with E-state index in [-0.39, 0.29) is 29.3 Å². The number of hydrogen-bond donors (Lipinski definition) is 1. The van der Waals surface area contributed by atoms with Crippen molar-refractivity contribution in [1.82, 2.24) is 19.1 Å². The van der Waals surface area contributed by atoms with Crippen molar-refractivity contribution in [2.45, 2.75) is 23.8 Å². The van der Waals surface area contributed by atoms with E-state index in [9.17, 15) is 8.42 Å². The molecule has 2 atom stereocenters. The number of hydrogen-bond acceptors (Lipinski definition) is 5. The number of aromatic nitrogens is 3. The zero-order valence-corrected chi connectivity index (χ0v) is 16.7. The number of aryl methyl sites for hydroxylation is 2. The van der Waals surface area contributed by atoms with Gasteiger partial charge in [0.05, 0.1) is 5.69 Å². The van der Waals surface area contributed by atoms with Crippen LogP contribution in [0.3, 0.4) is 0 Å². The van der Waals surface area contributed by atoms with Gasteiger partial charge in [0.1, 0.15) is 4.90 Å². The lowest BCUT2D eigenvalue weighted by atomic mass is 9.95. The van der Waals surface area contributed by atoms with E-state index in [4.69, 9.17) is 5.73 Å². The van der Waals surface area contributed by atoms with E-state index >= 15 is 0 Å². The van der Waals surface area contributed by atoms with Crippen molar-refractivity contribution in [3.63, 3.8) is 0 Å².